The van der Waals surface area contributed by atoms with E-state index in [1.165, 1.54) is 6.33 Å². The molecule has 3 aromatic heterocycles. The van der Waals surface area contributed by atoms with Crippen LogP contribution in [-0.2, 0) is 0 Å². The second-order valence-corrected chi connectivity index (χ2v) is 6.42. The fourth-order valence-electron chi connectivity index (χ4n) is 2.35. The third-order valence-electron chi connectivity index (χ3n) is 3.65. The van der Waals surface area contributed by atoms with Crippen LogP contribution in [0, 0.1) is 6.92 Å². The van der Waals surface area contributed by atoms with E-state index in [0.717, 1.165) is 20.9 Å². The molecule has 0 atom stereocenters. The van der Waals surface area contributed by atoms with Crippen LogP contribution in [0.1, 0.15) is 5.56 Å². The highest BCUT2D eigenvalue weighted by Gasteiger charge is 2.12. The van der Waals surface area contributed by atoms with E-state index in [4.69, 9.17) is 5.73 Å². The van der Waals surface area contributed by atoms with Gasteiger partial charge in [0.05, 0.1) is 10.2 Å². The number of rotatable bonds is 4. The van der Waals surface area contributed by atoms with Crippen molar-refractivity contribution >= 4 is 49.8 Å². The smallest absolute Gasteiger partial charge is 0.189 e. The van der Waals surface area contributed by atoms with Crippen molar-refractivity contribution in [2.45, 2.75) is 6.92 Å². The summed E-state index contributed by atoms with van der Waals surface area (Å²) < 4.78 is 1.10. The van der Waals surface area contributed by atoms with Crippen molar-refractivity contribution in [3.05, 3.63) is 54.5 Å². The van der Waals surface area contributed by atoms with Crippen molar-refractivity contribution in [3.63, 3.8) is 0 Å². The van der Waals surface area contributed by atoms with Gasteiger partial charge < -0.3 is 16.4 Å². The van der Waals surface area contributed by atoms with Gasteiger partial charge in [0.25, 0.3) is 0 Å². The van der Waals surface area contributed by atoms with Gasteiger partial charge in [-0.3, -0.25) is 0 Å². The first-order valence-electron chi connectivity index (χ1n) is 7.62. The van der Waals surface area contributed by atoms with Gasteiger partial charge in [0.15, 0.2) is 16.8 Å². The standard InChI is InChI=1S/C17H15N7S/c1-10-5-4-8-19-14(10)23-15-13(18)16(21-9-20-15)24-17-22-11-6-2-3-7-12(11)25-17/h2-9H,18H2,1H3,(H2,19,20,21,22,23,24). The number of hydrogen-bond donors (Lipinski definition) is 3. The number of hydrogen-bond acceptors (Lipinski definition) is 8. The Hall–Kier alpha value is -3.26. The summed E-state index contributed by atoms with van der Waals surface area (Å²) in [4.78, 5) is 17.3. The maximum absolute atomic E-state index is 6.22. The molecule has 0 aliphatic carbocycles. The van der Waals surface area contributed by atoms with E-state index < -0.39 is 0 Å². The van der Waals surface area contributed by atoms with Crippen molar-refractivity contribution in [2.24, 2.45) is 0 Å². The van der Waals surface area contributed by atoms with E-state index in [1.54, 1.807) is 17.5 Å². The van der Waals surface area contributed by atoms with Gasteiger partial charge in [0, 0.05) is 6.20 Å². The van der Waals surface area contributed by atoms with Gasteiger partial charge in [-0.15, -0.1) is 0 Å². The highest BCUT2D eigenvalue weighted by atomic mass is 32.1. The van der Waals surface area contributed by atoms with Crippen LogP contribution in [0.25, 0.3) is 10.2 Å². The van der Waals surface area contributed by atoms with Crippen LogP contribution < -0.4 is 16.4 Å². The van der Waals surface area contributed by atoms with Crippen molar-refractivity contribution < 1.29 is 0 Å². The van der Waals surface area contributed by atoms with Gasteiger partial charge in [0.2, 0.25) is 0 Å². The number of pyridine rings is 1. The number of nitrogen functional groups attached to an aromatic ring is 1. The third kappa shape index (κ3) is 3.07. The van der Waals surface area contributed by atoms with Gasteiger partial charge in [-0.1, -0.05) is 29.5 Å². The van der Waals surface area contributed by atoms with Crippen LogP contribution in [0.3, 0.4) is 0 Å². The van der Waals surface area contributed by atoms with Crippen LogP contribution in [0.4, 0.5) is 28.3 Å². The number of anilines is 5. The number of aromatic nitrogens is 4. The molecule has 1 aromatic carbocycles. The first kappa shape index (κ1) is 15.3. The summed E-state index contributed by atoms with van der Waals surface area (Å²) in [6.45, 7) is 1.97. The molecule has 0 bridgehead atoms. The zero-order chi connectivity index (χ0) is 17.2. The minimum Gasteiger partial charge on any atom is -0.393 e. The van der Waals surface area contributed by atoms with Crippen molar-refractivity contribution in [3.8, 4) is 0 Å². The van der Waals surface area contributed by atoms with Crippen LogP contribution in [0.2, 0.25) is 0 Å². The molecule has 0 saturated heterocycles. The summed E-state index contributed by atoms with van der Waals surface area (Å²) >= 11 is 1.54. The lowest BCUT2D eigenvalue weighted by atomic mass is 10.3. The van der Waals surface area contributed by atoms with E-state index >= 15 is 0 Å². The summed E-state index contributed by atoms with van der Waals surface area (Å²) in [5, 5.41) is 7.05. The topological polar surface area (TPSA) is 102 Å². The first-order chi connectivity index (χ1) is 12.2. The van der Waals surface area contributed by atoms with E-state index in [-0.39, 0.29) is 0 Å². The van der Waals surface area contributed by atoms with Gasteiger partial charge in [-0.2, -0.15) is 0 Å². The molecule has 0 aliphatic heterocycles. The Balaban J connectivity index is 1.63. The third-order valence-corrected chi connectivity index (χ3v) is 4.60. The van der Waals surface area contributed by atoms with Crippen LogP contribution in [0.15, 0.2) is 48.9 Å². The van der Waals surface area contributed by atoms with E-state index in [9.17, 15) is 0 Å². The summed E-state index contributed by atoms with van der Waals surface area (Å²) in [7, 11) is 0. The molecule has 0 aliphatic rings. The summed E-state index contributed by atoms with van der Waals surface area (Å²) in [6, 6.07) is 11.8. The highest BCUT2D eigenvalue weighted by molar-refractivity contribution is 7.22. The molecular weight excluding hydrogens is 334 g/mol. The number of nitrogens with zero attached hydrogens (tertiary/aromatic N) is 4. The molecule has 7 nitrogen and oxygen atoms in total. The second-order valence-electron chi connectivity index (χ2n) is 5.39. The van der Waals surface area contributed by atoms with Gasteiger partial charge in [-0.05, 0) is 30.7 Å². The van der Waals surface area contributed by atoms with Crippen molar-refractivity contribution in [2.75, 3.05) is 16.4 Å². The molecule has 25 heavy (non-hydrogen) atoms. The Morgan fingerprint density at radius 3 is 2.52 bits per heavy atom. The fourth-order valence-corrected chi connectivity index (χ4v) is 3.22. The molecule has 0 saturated carbocycles. The fraction of sp³-hybridized carbons (Fsp3) is 0.0588. The monoisotopic (exact) mass is 349 g/mol. The Morgan fingerprint density at radius 2 is 1.72 bits per heavy atom. The molecule has 0 fully saturated rings. The predicted molar refractivity (Wildman–Crippen MR) is 102 cm³/mol. The maximum Gasteiger partial charge on any atom is 0.189 e. The lowest BCUT2D eigenvalue weighted by Crippen LogP contribution is -2.06. The second kappa shape index (κ2) is 6.33. The first-order valence-corrected chi connectivity index (χ1v) is 8.44. The highest BCUT2D eigenvalue weighted by Crippen LogP contribution is 2.31. The average Bonchev–Trinajstić information content (AvgIpc) is 3.02. The maximum atomic E-state index is 6.22. The molecule has 0 unspecified atom stereocenters. The molecule has 0 radical (unpaired) electrons. The van der Waals surface area contributed by atoms with Crippen molar-refractivity contribution in [1.29, 1.82) is 0 Å². The van der Waals surface area contributed by atoms with Crippen LogP contribution >= 0.6 is 11.3 Å². The number of benzene rings is 1. The Bertz CT molecular complexity index is 1010. The summed E-state index contributed by atoms with van der Waals surface area (Å²) in [6.07, 6.45) is 3.17. The number of para-hydroxylation sites is 1. The lowest BCUT2D eigenvalue weighted by molar-refractivity contribution is 1.15. The molecule has 124 valence electrons. The molecule has 4 N–H and O–H groups in total. The molecule has 4 aromatic rings. The number of nitrogens with one attached hydrogen (secondary N) is 2. The molecule has 3 heterocycles. The number of nitrogens with two attached hydrogens (primary N) is 1. The van der Waals surface area contributed by atoms with E-state index in [1.807, 2.05) is 43.3 Å². The molecule has 4 rings (SSSR count). The van der Waals surface area contributed by atoms with Crippen LogP contribution in [-0.4, -0.2) is 19.9 Å². The number of thiazole rings is 1. The Labute approximate surface area is 148 Å². The minimum absolute atomic E-state index is 0.409. The molecule has 0 amide bonds. The lowest BCUT2D eigenvalue weighted by Gasteiger charge is -2.12. The van der Waals surface area contributed by atoms with Gasteiger partial charge >= 0.3 is 0 Å². The Morgan fingerprint density at radius 1 is 0.920 bits per heavy atom. The van der Waals surface area contributed by atoms with Gasteiger partial charge in [-0.25, -0.2) is 19.9 Å². The molecule has 0 spiro atoms. The average molecular weight is 349 g/mol. The quantitative estimate of drug-likeness (QED) is 0.514. The predicted octanol–water partition coefficient (Wildman–Crippen LogP) is 3.86. The normalized spacial score (nSPS) is 10.8. The van der Waals surface area contributed by atoms with E-state index in [0.29, 0.717) is 23.1 Å². The SMILES string of the molecule is Cc1cccnc1Nc1ncnc(Nc2nc3ccccc3s2)c1N. The van der Waals surface area contributed by atoms with E-state index in [2.05, 4.69) is 30.6 Å². The Kier molecular flexibility index (Phi) is 3.87. The molecule has 8 heteroatoms. The summed E-state index contributed by atoms with van der Waals surface area (Å²) in [5.41, 5.74) is 8.57. The minimum atomic E-state index is 0.409. The van der Waals surface area contributed by atoms with Crippen LogP contribution in [0.5, 0.6) is 0 Å². The molecular formula is C17H15N7S. The van der Waals surface area contributed by atoms with Crippen molar-refractivity contribution in [1.82, 2.24) is 19.9 Å². The number of fused-ring (bicyclic) bond motifs is 1. The largest absolute Gasteiger partial charge is 0.393 e. The zero-order valence-electron chi connectivity index (χ0n) is 13.4. The summed E-state index contributed by atoms with van der Waals surface area (Å²) in [5.74, 6) is 1.71. The zero-order valence-corrected chi connectivity index (χ0v) is 14.2. The number of aryl methyl sites for hydroxylation is 1. The van der Waals surface area contributed by atoms with Gasteiger partial charge in [0.1, 0.15) is 17.8 Å².